The summed E-state index contributed by atoms with van der Waals surface area (Å²) in [5.74, 6) is -0.430. The number of amides is 1. The van der Waals surface area contributed by atoms with Crippen molar-refractivity contribution in [2.24, 2.45) is 5.73 Å². The minimum atomic E-state index is -0.430. The maximum absolute atomic E-state index is 11.2. The Hall–Kier alpha value is -3.26. The molecule has 0 saturated carbocycles. The van der Waals surface area contributed by atoms with Gasteiger partial charge in [0.1, 0.15) is 6.54 Å². The van der Waals surface area contributed by atoms with Crippen LogP contribution in [-0.4, -0.2) is 35.2 Å². The Balaban J connectivity index is 1.75. The Morgan fingerprint density at radius 2 is 2.03 bits per heavy atom. The van der Waals surface area contributed by atoms with Gasteiger partial charge < -0.3 is 10.3 Å². The number of carbonyl (C=O) groups excluding carboxylic acids is 1. The van der Waals surface area contributed by atoms with Crippen molar-refractivity contribution in [2.75, 3.05) is 0 Å². The van der Waals surface area contributed by atoms with Crippen LogP contribution in [-0.2, 0) is 17.8 Å². The third kappa shape index (κ3) is 3.97. The highest BCUT2D eigenvalue weighted by molar-refractivity contribution is 6.28. The molecule has 4 rings (SSSR count). The number of pyridine rings is 1. The molecule has 0 aromatic carbocycles. The molecular formula is C20H20ClN7O. The van der Waals surface area contributed by atoms with Crippen LogP contribution in [0.25, 0.3) is 22.0 Å². The van der Waals surface area contributed by atoms with E-state index >= 15 is 0 Å². The van der Waals surface area contributed by atoms with Gasteiger partial charge in [-0.2, -0.15) is 5.10 Å². The van der Waals surface area contributed by atoms with Crippen LogP contribution < -0.4 is 5.73 Å². The number of nitrogens with two attached hydrogens (primary N) is 1. The number of nitrogens with zero attached hydrogens (tertiary/aromatic N) is 6. The summed E-state index contributed by atoms with van der Waals surface area (Å²) in [6, 6.07) is 4.16. The zero-order chi connectivity index (χ0) is 20.5. The van der Waals surface area contributed by atoms with Gasteiger partial charge >= 0.3 is 0 Å². The number of carbonyl (C=O) groups is 1. The molecule has 8 nitrogen and oxygen atoms in total. The maximum Gasteiger partial charge on any atom is 0.239 e. The fraction of sp³-hybridized carbons (Fsp3) is 0.250. The van der Waals surface area contributed by atoms with Crippen molar-refractivity contribution in [1.29, 1.82) is 0 Å². The quantitative estimate of drug-likeness (QED) is 0.493. The molecule has 2 N–H and O–H groups in total. The van der Waals surface area contributed by atoms with E-state index in [0.29, 0.717) is 6.42 Å². The summed E-state index contributed by atoms with van der Waals surface area (Å²) >= 11 is 5.89. The molecule has 0 aliphatic rings. The molecule has 4 aromatic rings. The lowest BCUT2D eigenvalue weighted by Gasteiger charge is -2.09. The molecule has 0 bridgehead atoms. The normalized spacial score (nSPS) is 11.4. The summed E-state index contributed by atoms with van der Waals surface area (Å²) in [7, 11) is 0. The van der Waals surface area contributed by atoms with E-state index in [0.717, 1.165) is 33.4 Å². The molecule has 0 saturated heterocycles. The van der Waals surface area contributed by atoms with Gasteiger partial charge in [0.25, 0.3) is 0 Å². The summed E-state index contributed by atoms with van der Waals surface area (Å²) in [5.41, 5.74) is 9.96. The number of rotatable bonds is 6. The van der Waals surface area contributed by atoms with Crippen molar-refractivity contribution < 1.29 is 4.79 Å². The van der Waals surface area contributed by atoms with E-state index in [2.05, 4.69) is 50.7 Å². The van der Waals surface area contributed by atoms with Crippen molar-refractivity contribution in [3.8, 4) is 11.1 Å². The summed E-state index contributed by atoms with van der Waals surface area (Å²) in [6.07, 6.45) is 9.72. The Bertz CT molecular complexity index is 1190. The summed E-state index contributed by atoms with van der Waals surface area (Å²) in [5, 5.41) is 5.48. The van der Waals surface area contributed by atoms with Gasteiger partial charge in [0.15, 0.2) is 0 Å². The Morgan fingerprint density at radius 1 is 1.21 bits per heavy atom. The monoisotopic (exact) mass is 409 g/mol. The van der Waals surface area contributed by atoms with Crippen LogP contribution in [0.15, 0.2) is 43.1 Å². The lowest BCUT2D eigenvalue weighted by atomic mass is 10.1. The number of hydrogen-bond donors (Lipinski definition) is 1. The maximum atomic E-state index is 11.2. The smallest absolute Gasteiger partial charge is 0.239 e. The van der Waals surface area contributed by atoms with Gasteiger partial charge in [-0.05, 0) is 37.6 Å². The zero-order valence-electron chi connectivity index (χ0n) is 16.1. The summed E-state index contributed by atoms with van der Waals surface area (Å²) < 4.78 is 3.74. The number of fused-ring (bicyclic) bond motifs is 1. The van der Waals surface area contributed by atoms with Crippen LogP contribution in [0.2, 0.25) is 5.28 Å². The van der Waals surface area contributed by atoms with E-state index in [1.54, 1.807) is 12.4 Å². The second-order valence-electron chi connectivity index (χ2n) is 7.12. The minimum absolute atomic E-state index is 0.0483. The highest BCUT2D eigenvalue weighted by atomic mass is 35.5. The number of aromatic nitrogens is 6. The number of halogens is 1. The van der Waals surface area contributed by atoms with Gasteiger partial charge in [-0.15, -0.1) is 0 Å². The highest BCUT2D eigenvalue weighted by Crippen LogP contribution is 2.32. The molecule has 0 spiro atoms. The molecule has 0 radical (unpaired) electrons. The van der Waals surface area contributed by atoms with E-state index in [4.69, 9.17) is 17.3 Å². The Labute approximate surface area is 172 Å². The highest BCUT2D eigenvalue weighted by Gasteiger charge is 2.15. The molecule has 0 fully saturated rings. The predicted octanol–water partition coefficient (Wildman–Crippen LogP) is 3.00. The van der Waals surface area contributed by atoms with Gasteiger partial charge in [0.2, 0.25) is 11.2 Å². The average Bonchev–Trinajstić information content (AvgIpc) is 3.25. The molecule has 0 unspecified atom stereocenters. The Morgan fingerprint density at radius 3 is 2.76 bits per heavy atom. The molecule has 4 aromatic heterocycles. The Kier molecular flexibility index (Phi) is 5.02. The number of hydrogen-bond acceptors (Lipinski definition) is 5. The minimum Gasteiger partial charge on any atom is -0.368 e. The predicted molar refractivity (Wildman–Crippen MR) is 110 cm³/mol. The van der Waals surface area contributed by atoms with Crippen LogP contribution in [0.1, 0.15) is 31.3 Å². The van der Waals surface area contributed by atoms with Crippen LogP contribution in [0.4, 0.5) is 0 Å². The molecule has 29 heavy (non-hydrogen) atoms. The van der Waals surface area contributed by atoms with E-state index < -0.39 is 5.91 Å². The van der Waals surface area contributed by atoms with Crippen LogP contribution >= 0.6 is 11.6 Å². The average molecular weight is 410 g/mol. The molecule has 0 aliphatic heterocycles. The first-order valence-electron chi connectivity index (χ1n) is 9.18. The van der Waals surface area contributed by atoms with Crippen molar-refractivity contribution in [3.05, 3.63) is 59.8 Å². The second kappa shape index (κ2) is 7.63. The molecule has 9 heteroatoms. The van der Waals surface area contributed by atoms with Crippen LogP contribution in [0, 0.1) is 0 Å². The topological polar surface area (TPSA) is 105 Å². The van der Waals surface area contributed by atoms with Crippen molar-refractivity contribution >= 4 is 28.4 Å². The molecule has 4 heterocycles. The summed E-state index contributed by atoms with van der Waals surface area (Å²) in [4.78, 5) is 23.9. The van der Waals surface area contributed by atoms with Gasteiger partial charge in [0.05, 0.1) is 17.4 Å². The third-order valence-corrected chi connectivity index (χ3v) is 4.82. The van der Waals surface area contributed by atoms with E-state index in [9.17, 15) is 4.79 Å². The van der Waals surface area contributed by atoms with Gasteiger partial charge in [-0.25, -0.2) is 9.97 Å². The molecule has 1 amide bonds. The first-order valence-corrected chi connectivity index (χ1v) is 9.56. The largest absolute Gasteiger partial charge is 0.368 e. The van der Waals surface area contributed by atoms with Gasteiger partial charge in [-0.1, -0.05) is 0 Å². The second-order valence-corrected chi connectivity index (χ2v) is 7.46. The summed E-state index contributed by atoms with van der Waals surface area (Å²) in [6.45, 7) is 4.31. The molecule has 148 valence electrons. The van der Waals surface area contributed by atoms with E-state index in [1.165, 1.54) is 4.68 Å². The van der Waals surface area contributed by atoms with Crippen molar-refractivity contribution in [3.63, 3.8) is 0 Å². The third-order valence-electron chi connectivity index (χ3n) is 4.64. The fourth-order valence-corrected chi connectivity index (χ4v) is 3.51. The molecule has 0 atom stereocenters. The lowest BCUT2D eigenvalue weighted by Crippen LogP contribution is -2.18. The van der Waals surface area contributed by atoms with Crippen LogP contribution in [0.5, 0.6) is 0 Å². The molecule has 0 aliphatic carbocycles. The van der Waals surface area contributed by atoms with Gasteiger partial charge in [-0.3, -0.25) is 14.5 Å². The van der Waals surface area contributed by atoms with Crippen molar-refractivity contribution in [1.82, 2.24) is 29.3 Å². The van der Waals surface area contributed by atoms with Crippen LogP contribution in [0.3, 0.4) is 0 Å². The van der Waals surface area contributed by atoms with Crippen molar-refractivity contribution in [2.45, 2.75) is 32.9 Å². The number of primary amides is 1. The first kappa shape index (κ1) is 19.1. The lowest BCUT2D eigenvalue weighted by molar-refractivity contribution is -0.118. The zero-order valence-corrected chi connectivity index (χ0v) is 16.8. The SMILES string of the molecule is CC(C)n1cc(-c2cnn(CC(N)=O)c2)c2cnc(Cc3ccnc(Cl)n3)cc21. The first-order chi connectivity index (χ1) is 13.9. The standard InChI is InChI=1S/C20H20ClN7O/c1-12(2)28-10-17(13-7-25-27(9-13)11-19(22)29)16-8-24-15(6-18(16)28)5-14-3-4-23-20(21)26-14/h3-4,6-10,12H,5,11H2,1-2H3,(H2,22,29). The van der Waals surface area contributed by atoms with E-state index in [-0.39, 0.29) is 17.9 Å². The fourth-order valence-electron chi connectivity index (χ4n) is 3.34. The van der Waals surface area contributed by atoms with Gasteiger partial charge in [0, 0.05) is 59.5 Å². The van der Waals surface area contributed by atoms with E-state index in [1.807, 2.05) is 18.5 Å². The molecular weight excluding hydrogens is 390 g/mol.